The van der Waals surface area contributed by atoms with Gasteiger partial charge in [-0.2, -0.15) is 10.1 Å². The first kappa shape index (κ1) is 9.25. The molecule has 1 aromatic rings. The Morgan fingerprint density at radius 1 is 1.62 bits per heavy atom. The Hall–Kier alpha value is -1.84. The molecule has 0 fully saturated rings. The van der Waals surface area contributed by atoms with Crippen molar-refractivity contribution in [2.45, 2.75) is 0 Å². The number of hydrogen-bond donors (Lipinski definition) is 0. The number of methoxy groups -OCH3 is 1. The van der Waals surface area contributed by atoms with Crippen molar-refractivity contribution in [3.8, 4) is 0 Å². The van der Waals surface area contributed by atoms with Crippen molar-refractivity contribution in [2.24, 2.45) is 5.10 Å². The van der Waals surface area contributed by atoms with Gasteiger partial charge in [-0.1, -0.05) is 6.07 Å². The van der Waals surface area contributed by atoms with Gasteiger partial charge < -0.3 is 4.74 Å². The molecule has 0 aliphatic heterocycles. The second-order valence-corrected chi connectivity index (χ2v) is 2.24. The fourth-order valence-electron chi connectivity index (χ4n) is 0.845. The quantitative estimate of drug-likeness (QED) is 0.398. The second kappa shape index (κ2) is 4.25. The lowest BCUT2D eigenvalue weighted by molar-refractivity contribution is 0.281. The highest BCUT2D eigenvalue weighted by Crippen LogP contribution is 2.14. The Balaban J connectivity index is 2.91. The van der Waals surface area contributed by atoms with Gasteiger partial charge in [-0.15, -0.1) is 0 Å². The van der Waals surface area contributed by atoms with Gasteiger partial charge in [-0.3, -0.25) is 0 Å². The van der Waals surface area contributed by atoms with Crippen molar-refractivity contribution in [2.75, 3.05) is 12.1 Å². The van der Waals surface area contributed by atoms with E-state index in [0.29, 0.717) is 11.7 Å². The minimum atomic E-state index is 0.383. The lowest BCUT2D eigenvalue weighted by Crippen LogP contribution is -2.16. The lowest BCUT2D eigenvalue weighted by atomic mass is 10.4. The third-order valence-electron chi connectivity index (χ3n) is 1.48. The molecule has 0 N–H and O–H groups in total. The van der Waals surface area contributed by atoms with E-state index in [2.05, 4.69) is 23.4 Å². The van der Waals surface area contributed by atoms with E-state index in [4.69, 9.17) is 4.74 Å². The van der Waals surface area contributed by atoms with Crippen LogP contribution in [0.1, 0.15) is 0 Å². The van der Waals surface area contributed by atoms with Crippen LogP contribution in [0.5, 0.6) is 0 Å². The number of rotatable bonds is 4. The van der Waals surface area contributed by atoms with Crippen molar-refractivity contribution < 1.29 is 4.74 Å². The fourth-order valence-corrected chi connectivity index (χ4v) is 0.845. The van der Waals surface area contributed by atoms with Crippen LogP contribution in [0.4, 0.5) is 5.82 Å². The van der Waals surface area contributed by atoms with Crippen LogP contribution in [0.2, 0.25) is 0 Å². The van der Waals surface area contributed by atoms with Crippen LogP contribution in [0.15, 0.2) is 42.0 Å². The van der Waals surface area contributed by atoms with Crippen LogP contribution < -0.4 is 5.01 Å². The number of anilines is 1. The molecule has 1 heterocycles. The Bertz CT molecular complexity index is 297. The summed E-state index contributed by atoms with van der Waals surface area (Å²) in [4.78, 5) is 4.07. The zero-order valence-corrected chi connectivity index (χ0v) is 7.47. The minimum Gasteiger partial charge on any atom is -0.481 e. The normalized spacial score (nSPS) is 9.00. The zero-order chi connectivity index (χ0) is 9.68. The molecule has 0 spiro atoms. The second-order valence-electron chi connectivity index (χ2n) is 2.24. The van der Waals surface area contributed by atoms with Gasteiger partial charge >= 0.3 is 0 Å². The van der Waals surface area contributed by atoms with E-state index in [1.54, 1.807) is 12.3 Å². The van der Waals surface area contributed by atoms with Crippen LogP contribution in [0, 0.1) is 0 Å². The van der Waals surface area contributed by atoms with Gasteiger partial charge in [0.2, 0.25) is 5.88 Å². The summed E-state index contributed by atoms with van der Waals surface area (Å²) in [5.41, 5.74) is 0. The van der Waals surface area contributed by atoms with Gasteiger partial charge in [-0.05, 0) is 18.7 Å². The van der Waals surface area contributed by atoms with Crippen molar-refractivity contribution in [1.29, 1.82) is 0 Å². The highest BCUT2D eigenvalue weighted by molar-refractivity contribution is 5.45. The highest BCUT2D eigenvalue weighted by atomic mass is 16.5. The Labute approximate surface area is 77.2 Å². The fraction of sp³-hybridized carbons (Fsp3) is 0.111. The van der Waals surface area contributed by atoms with Gasteiger partial charge in [0.1, 0.15) is 0 Å². The summed E-state index contributed by atoms with van der Waals surface area (Å²) in [5, 5.41) is 5.14. The van der Waals surface area contributed by atoms with E-state index < -0.39 is 0 Å². The van der Waals surface area contributed by atoms with Gasteiger partial charge in [0.05, 0.1) is 7.11 Å². The largest absolute Gasteiger partial charge is 0.481 e. The summed E-state index contributed by atoms with van der Waals surface area (Å²) in [5.74, 6) is 1.01. The number of hydrazone groups is 1. The van der Waals surface area contributed by atoms with Crippen LogP contribution in [0.25, 0.3) is 0 Å². The molecule has 0 saturated heterocycles. The predicted molar refractivity (Wildman–Crippen MR) is 52.4 cm³/mol. The smallest absolute Gasteiger partial charge is 0.208 e. The Morgan fingerprint density at radius 3 is 2.85 bits per heavy atom. The molecule has 0 radical (unpaired) electrons. The molecule has 0 amide bonds. The third kappa shape index (κ3) is 2.05. The number of ether oxygens (including phenoxy) is 1. The first-order valence-corrected chi connectivity index (χ1v) is 3.70. The molecule has 0 atom stereocenters. The summed E-state index contributed by atoms with van der Waals surface area (Å²) in [6.07, 6.45) is 1.66. The molecule has 4 nitrogen and oxygen atoms in total. The first-order chi connectivity index (χ1) is 6.29. The molecule has 0 aromatic carbocycles. The molecule has 4 heteroatoms. The number of hydrogen-bond acceptors (Lipinski definition) is 4. The van der Waals surface area contributed by atoms with Gasteiger partial charge in [0.25, 0.3) is 0 Å². The summed E-state index contributed by atoms with van der Waals surface area (Å²) >= 11 is 0. The number of pyridine rings is 1. The maximum absolute atomic E-state index is 4.92. The molecule has 68 valence electrons. The van der Waals surface area contributed by atoms with Crippen molar-refractivity contribution in [3.05, 3.63) is 36.9 Å². The molecule has 1 aromatic heterocycles. The summed E-state index contributed by atoms with van der Waals surface area (Å²) in [6, 6.07) is 5.46. The third-order valence-corrected chi connectivity index (χ3v) is 1.48. The van der Waals surface area contributed by atoms with E-state index in [1.807, 2.05) is 12.1 Å². The van der Waals surface area contributed by atoms with E-state index in [-0.39, 0.29) is 0 Å². The van der Waals surface area contributed by atoms with Crippen LogP contribution >= 0.6 is 0 Å². The Kier molecular flexibility index (Phi) is 3.03. The number of aromatic nitrogens is 1. The zero-order valence-electron chi connectivity index (χ0n) is 7.47. The number of nitrogens with zero attached hydrogens (tertiary/aromatic N) is 3. The summed E-state index contributed by atoms with van der Waals surface area (Å²) < 4.78 is 4.92. The molecule has 0 aliphatic carbocycles. The highest BCUT2D eigenvalue weighted by Gasteiger charge is 2.08. The van der Waals surface area contributed by atoms with Crippen molar-refractivity contribution >= 4 is 12.5 Å². The average molecular weight is 177 g/mol. The van der Waals surface area contributed by atoms with Crippen molar-refractivity contribution in [3.63, 3.8) is 0 Å². The minimum absolute atomic E-state index is 0.383. The van der Waals surface area contributed by atoms with E-state index >= 15 is 0 Å². The molecule has 0 bridgehead atoms. The molecule has 0 saturated carbocycles. The van der Waals surface area contributed by atoms with Crippen LogP contribution in [0.3, 0.4) is 0 Å². The van der Waals surface area contributed by atoms with Gasteiger partial charge in [0.15, 0.2) is 5.82 Å². The molecular formula is C9H11N3O. The molecule has 13 heavy (non-hydrogen) atoms. The monoisotopic (exact) mass is 177 g/mol. The summed E-state index contributed by atoms with van der Waals surface area (Å²) in [7, 11) is 1.52. The predicted octanol–water partition coefficient (Wildman–Crippen LogP) is 1.62. The van der Waals surface area contributed by atoms with Gasteiger partial charge in [0, 0.05) is 12.9 Å². The molecule has 0 unspecified atom stereocenters. The maximum Gasteiger partial charge on any atom is 0.208 e. The maximum atomic E-state index is 4.92. The van der Waals surface area contributed by atoms with E-state index in [0.717, 1.165) is 0 Å². The Morgan fingerprint density at radius 2 is 2.38 bits per heavy atom. The standard InChI is InChI=1S/C9H11N3O/c1-8(13-3)12(10-2)9-6-4-5-7-11-9/h4-7H,1-2H2,3H3. The van der Waals surface area contributed by atoms with E-state index in [1.165, 1.54) is 12.1 Å². The van der Waals surface area contributed by atoms with Crippen molar-refractivity contribution in [1.82, 2.24) is 4.98 Å². The SMILES string of the molecule is C=NN(C(=C)OC)c1ccccn1. The summed E-state index contributed by atoms with van der Waals surface area (Å²) in [6.45, 7) is 7.05. The van der Waals surface area contributed by atoms with E-state index in [9.17, 15) is 0 Å². The molecule has 0 aliphatic rings. The van der Waals surface area contributed by atoms with Gasteiger partial charge in [-0.25, -0.2) is 4.98 Å². The average Bonchev–Trinajstić information content (AvgIpc) is 2.20. The molecule has 1 rings (SSSR count). The molecular weight excluding hydrogens is 166 g/mol. The first-order valence-electron chi connectivity index (χ1n) is 3.70. The van der Waals surface area contributed by atoms with Crippen LogP contribution in [-0.4, -0.2) is 18.8 Å². The topological polar surface area (TPSA) is 37.7 Å². The van der Waals surface area contributed by atoms with Crippen LogP contribution in [-0.2, 0) is 4.74 Å². The lowest BCUT2D eigenvalue weighted by Gasteiger charge is -2.17.